The Bertz CT molecular complexity index is 1960. The Balaban J connectivity index is 1.25. The summed E-state index contributed by atoms with van der Waals surface area (Å²) in [6.45, 7) is 10.1. The number of ketones is 2. The van der Waals surface area contributed by atoms with Gasteiger partial charge in [0.1, 0.15) is 11.4 Å². The van der Waals surface area contributed by atoms with E-state index in [4.69, 9.17) is 4.74 Å². The highest BCUT2D eigenvalue weighted by molar-refractivity contribution is 6.01. The largest absolute Gasteiger partial charge is 0.444 e. The van der Waals surface area contributed by atoms with Crippen molar-refractivity contribution in [3.63, 3.8) is 0 Å². The fourth-order valence-electron chi connectivity index (χ4n) is 8.09. The molecule has 1 saturated carbocycles. The number of nitrogens with zero attached hydrogens (tertiary/aromatic N) is 5. The maximum Gasteiger partial charge on any atom is 0.407 e. The van der Waals surface area contributed by atoms with Gasteiger partial charge in [0.25, 0.3) is 0 Å². The van der Waals surface area contributed by atoms with Gasteiger partial charge in [0, 0.05) is 61.1 Å². The van der Waals surface area contributed by atoms with E-state index in [9.17, 15) is 19.2 Å². The van der Waals surface area contributed by atoms with Crippen molar-refractivity contribution in [2.24, 2.45) is 38.9 Å². The lowest BCUT2D eigenvalue weighted by Crippen LogP contribution is -2.37. The number of hydrogen-bond acceptors (Lipinski definition) is 10. The van der Waals surface area contributed by atoms with Crippen LogP contribution in [-0.2, 0) is 20.7 Å². The van der Waals surface area contributed by atoms with Crippen molar-refractivity contribution in [3.8, 4) is 11.1 Å². The second-order valence-corrected chi connectivity index (χ2v) is 17.8. The van der Waals surface area contributed by atoms with Crippen LogP contribution in [0.1, 0.15) is 86.3 Å². The normalized spacial score (nSPS) is 17.2. The Morgan fingerprint density at radius 1 is 0.831 bits per heavy atom. The summed E-state index contributed by atoms with van der Waals surface area (Å²) in [5.41, 5.74) is 5.65. The molecule has 0 spiro atoms. The smallest absolute Gasteiger partial charge is 0.407 e. The Hall–Kier alpha value is -5.07. The lowest BCUT2D eigenvalue weighted by atomic mass is 9.77. The fraction of sp³-hybridized carbons (Fsp3) is 0.511. The van der Waals surface area contributed by atoms with Crippen LogP contribution in [0.5, 0.6) is 0 Å². The molecule has 59 heavy (non-hydrogen) atoms. The number of anilines is 1. The zero-order valence-corrected chi connectivity index (χ0v) is 36.2. The minimum atomic E-state index is -0.580. The lowest BCUT2D eigenvalue weighted by Gasteiger charge is -2.29. The summed E-state index contributed by atoms with van der Waals surface area (Å²) in [6, 6.07) is 21.4. The molecule has 2 aliphatic rings. The third-order valence-corrected chi connectivity index (χ3v) is 10.9. The molecule has 1 heterocycles. The summed E-state index contributed by atoms with van der Waals surface area (Å²) in [5.74, 6) is 0.405. The number of hydrogen-bond donors (Lipinski definition) is 2. The second-order valence-electron chi connectivity index (χ2n) is 17.8. The molecular weight excluding hydrogens is 743 g/mol. The molecule has 12 heteroatoms. The Morgan fingerprint density at radius 2 is 1.47 bits per heavy atom. The topological polar surface area (TPSA) is 145 Å². The zero-order valence-electron chi connectivity index (χ0n) is 36.2. The zero-order chi connectivity index (χ0) is 42.7. The number of carbonyl (C=O) groups is 4. The average Bonchev–Trinajstić information content (AvgIpc) is 3.72. The van der Waals surface area contributed by atoms with Gasteiger partial charge in [-0.3, -0.25) is 14.4 Å². The number of rotatable bonds is 18. The summed E-state index contributed by atoms with van der Waals surface area (Å²) in [6.07, 6.45) is 3.69. The number of alkyl carbamates (subject to hydrolysis) is 1. The molecule has 0 bridgehead atoms. The van der Waals surface area contributed by atoms with E-state index in [1.807, 2.05) is 110 Å². The Morgan fingerprint density at radius 3 is 2.05 bits per heavy atom. The number of aliphatic imine (C=N–C) groups is 1. The van der Waals surface area contributed by atoms with Crippen molar-refractivity contribution in [2.45, 2.75) is 78.2 Å². The first-order chi connectivity index (χ1) is 28.0. The van der Waals surface area contributed by atoms with Gasteiger partial charge in [0.2, 0.25) is 5.91 Å². The van der Waals surface area contributed by atoms with Crippen molar-refractivity contribution >= 4 is 35.1 Å². The van der Waals surface area contributed by atoms with Crippen molar-refractivity contribution < 1.29 is 23.9 Å². The molecule has 0 unspecified atom stereocenters. The van der Waals surface area contributed by atoms with E-state index in [0.717, 1.165) is 72.2 Å². The summed E-state index contributed by atoms with van der Waals surface area (Å²) in [5, 5.41) is 13.9. The van der Waals surface area contributed by atoms with E-state index < -0.39 is 17.6 Å². The highest BCUT2D eigenvalue weighted by Crippen LogP contribution is 2.32. The van der Waals surface area contributed by atoms with Crippen LogP contribution in [0.4, 0.5) is 10.5 Å². The van der Waals surface area contributed by atoms with Gasteiger partial charge in [-0.15, -0.1) is 5.11 Å². The van der Waals surface area contributed by atoms with E-state index in [1.165, 1.54) is 0 Å². The van der Waals surface area contributed by atoms with Gasteiger partial charge in [0.15, 0.2) is 18.3 Å². The summed E-state index contributed by atoms with van der Waals surface area (Å²) in [4.78, 5) is 61.9. The van der Waals surface area contributed by atoms with Crippen LogP contribution in [0.2, 0.25) is 0 Å². The molecule has 3 aromatic rings. The van der Waals surface area contributed by atoms with Crippen LogP contribution in [0.15, 0.2) is 82.0 Å². The van der Waals surface area contributed by atoms with Crippen LogP contribution in [0.3, 0.4) is 0 Å². The number of ether oxygens (including phenoxy) is 1. The third kappa shape index (κ3) is 14.0. The van der Waals surface area contributed by atoms with Crippen LogP contribution < -0.4 is 10.6 Å². The van der Waals surface area contributed by atoms with Gasteiger partial charge in [-0.1, -0.05) is 36.4 Å². The highest BCUT2D eigenvalue weighted by atomic mass is 16.6. The molecule has 3 aromatic carbocycles. The van der Waals surface area contributed by atoms with Gasteiger partial charge in [-0.2, -0.15) is 5.11 Å². The number of carbonyl (C=O) groups excluding carboxylic acids is 4. The SMILES string of the molecule is Cc1cc(C(=O)CC(CN(C)C)CN(C)C)ccc1-c1ccc(C[C@H](CC(=O)C2CCC(CNC(=O)OC(C)(C)C)CC2)C(=O)Nc2ccc(C3=NCN=N3)cc2)cc1. The van der Waals surface area contributed by atoms with Crippen LogP contribution >= 0.6 is 0 Å². The van der Waals surface area contributed by atoms with Crippen LogP contribution in [0, 0.1) is 30.6 Å². The first-order valence-corrected chi connectivity index (χ1v) is 20.9. The highest BCUT2D eigenvalue weighted by Gasteiger charge is 2.31. The van der Waals surface area contributed by atoms with Gasteiger partial charge < -0.3 is 25.2 Å². The monoisotopic (exact) mass is 805 g/mol. The number of azo groups is 1. The molecule has 2 N–H and O–H groups in total. The van der Waals surface area contributed by atoms with E-state index in [2.05, 4.69) is 47.8 Å². The number of aryl methyl sites for hydroxylation is 1. The van der Waals surface area contributed by atoms with Crippen molar-refractivity contribution in [1.82, 2.24) is 15.1 Å². The van der Waals surface area contributed by atoms with Crippen molar-refractivity contribution in [3.05, 3.63) is 89.0 Å². The third-order valence-electron chi connectivity index (χ3n) is 10.9. The lowest BCUT2D eigenvalue weighted by molar-refractivity contribution is -0.129. The number of Topliss-reactive ketones (excluding diaryl/α,β-unsaturated/α-hetero) is 2. The van der Waals surface area contributed by atoms with Crippen molar-refractivity contribution in [1.29, 1.82) is 0 Å². The van der Waals surface area contributed by atoms with Crippen molar-refractivity contribution in [2.75, 3.05) is 59.8 Å². The predicted molar refractivity (Wildman–Crippen MR) is 234 cm³/mol. The minimum Gasteiger partial charge on any atom is -0.444 e. The maximum atomic E-state index is 14.0. The number of amidine groups is 1. The molecule has 12 nitrogen and oxygen atoms in total. The van der Waals surface area contributed by atoms with E-state index in [-0.39, 0.29) is 41.6 Å². The van der Waals surface area contributed by atoms with Gasteiger partial charge >= 0.3 is 6.09 Å². The molecule has 1 aliphatic carbocycles. The van der Waals surface area contributed by atoms with Gasteiger partial charge in [-0.05, 0) is 152 Å². The number of nitrogens with one attached hydrogen (secondary N) is 2. The molecule has 0 saturated heterocycles. The summed E-state index contributed by atoms with van der Waals surface area (Å²) < 4.78 is 5.38. The van der Waals surface area contributed by atoms with E-state index in [1.54, 1.807) is 0 Å². The molecule has 316 valence electrons. The molecule has 1 fully saturated rings. The van der Waals surface area contributed by atoms with E-state index in [0.29, 0.717) is 37.6 Å². The minimum absolute atomic E-state index is 0.0975. The standard InChI is InChI=1S/C47H63N7O5/c1-31-23-38(42(55)25-34(28-53(5)6)29-54(7)8)19-22-41(31)35-13-9-32(10-14-35)24-39(45(57)51-40-20-17-37(18-21-40)44-49-30-50-52-44)26-43(56)36-15-11-33(12-16-36)27-48-46(58)59-47(2,3)4/h9-10,13-14,17-23,33-34,36,39H,11-12,15-16,24-30H2,1-8H3,(H,48,58)(H,51,57)/t33?,36?,39-/m1/s1. The second kappa shape index (κ2) is 20.8. The van der Waals surface area contributed by atoms with Crippen LogP contribution in [0.25, 0.3) is 11.1 Å². The first kappa shape index (κ1) is 45.0. The fourth-order valence-corrected chi connectivity index (χ4v) is 8.09. The molecule has 1 atom stereocenters. The van der Waals surface area contributed by atoms with Gasteiger partial charge in [-0.25, -0.2) is 9.79 Å². The molecule has 0 aromatic heterocycles. The quantitative estimate of drug-likeness (QED) is 0.123. The molecular formula is C47H63N7O5. The van der Waals surface area contributed by atoms with Crippen LogP contribution in [-0.4, -0.2) is 99.3 Å². The first-order valence-electron chi connectivity index (χ1n) is 20.9. The average molecular weight is 806 g/mol. The Kier molecular flexibility index (Phi) is 15.8. The number of benzene rings is 3. The molecule has 0 radical (unpaired) electrons. The Labute approximate surface area is 350 Å². The maximum absolute atomic E-state index is 14.0. The van der Waals surface area contributed by atoms with Gasteiger partial charge in [0.05, 0.1) is 0 Å². The summed E-state index contributed by atoms with van der Waals surface area (Å²) in [7, 11) is 8.16. The van der Waals surface area contributed by atoms with E-state index >= 15 is 0 Å². The summed E-state index contributed by atoms with van der Waals surface area (Å²) >= 11 is 0. The number of amides is 2. The molecule has 1 aliphatic heterocycles. The molecule has 5 rings (SSSR count). The molecule has 2 amide bonds. The predicted octanol–water partition coefficient (Wildman–Crippen LogP) is 8.23.